The number of carboxylic acid groups (broad SMARTS) is 1. The molecule has 0 aromatic carbocycles. The van der Waals surface area contributed by atoms with Crippen LogP contribution in [0.4, 0.5) is 0 Å². The van der Waals surface area contributed by atoms with Crippen LogP contribution in [0.2, 0.25) is 0 Å². The molecule has 1 aliphatic carbocycles. The van der Waals surface area contributed by atoms with Crippen molar-refractivity contribution in [1.82, 2.24) is 0 Å². The summed E-state index contributed by atoms with van der Waals surface area (Å²) < 4.78 is 11.0. The molecule has 0 spiro atoms. The fraction of sp³-hybridized carbons (Fsp3) is 0.933. The first-order valence-corrected chi connectivity index (χ1v) is 7.24. The molecule has 1 saturated carbocycles. The average Bonchev–Trinajstić information content (AvgIpc) is 2.33. The molecule has 0 aliphatic heterocycles. The van der Waals surface area contributed by atoms with E-state index in [1.165, 1.54) is 12.8 Å². The Morgan fingerprint density at radius 1 is 1.47 bits per heavy atom. The number of ether oxygens (including phenoxy) is 2. The molecule has 0 saturated heterocycles. The van der Waals surface area contributed by atoms with Crippen LogP contribution < -0.4 is 0 Å². The van der Waals surface area contributed by atoms with Gasteiger partial charge in [0.15, 0.2) is 0 Å². The number of hydrogen-bond acceptors (Lipinski definition) is 3. The maximum Gasteiger partial charge on any atom is 0.329 e. The molecule has 3 atom stereocenters. The van der Waals surface area contributed by atoms with Gasteiger partial charge in [0.2, 0.25) is 0 Å². The van der Waals surface area contributed by atoms with Gasteiger partial charge in [0.1, 0.15) is 6.61 Å². The molecular weight excluding hydrogens is 244 g/mol. The predicted molar refractivity (Wildman–Crippen MR) is 74.2 cm³/mol. The van der Waals surface area contributed by atoms with E-state index >= 15 is 0 Å². The van der Waals surface area contributed by atoms with Gasteiger partial charge in [-0.3, -0.25) is 0 Å². The van der Waals surface area contributed by atoms with E-state index in [1.807, 2.05) is 0 Å². The van der Waals surface area contributed by atoms with Gasteiger partial charge in [0, 0.05) is 12.5 Å². The van der Waals surface area contributed by atoms with E-state index in [-0.39, 0.29) is 18.1 Å². The van der Waals surface area contributed by atoms with Gasteiger partial charge in [-0.2, -0.15) is 0 Å². The van der Waals surface area contributed by atoms with Gasteiger partial charge in [-0.15, -0.1) is 0 Å². The highest BCUT2D eigenvalue weighted by Crippen LogP contribution is 2.48. The summed E-state index contributed by atoms with van der Waals surface area (Å²) in [6.45, 7) is 6.93. The average molecular weight is 272 g/mol. The van der Waals surface area contributed by atoms with Crippen molar-refractivity contribution in [2.75, 3.05) is 20.3 Å². The van der Waals surface area contributed by atoms with Gasteiger partial charge in [-0.1, -0.05) is 33.6 Å². The zero-order valence-electron chi connectivity index (χ0n) is 12.6. The lowest BCUT2D eigenvalue weighted by Gasteiger charge is -2.48. The minimum Gasteiger partial charge on any atom is -0.480 e. The normalized spacial score (nSPS) is 29.4. The molecule has 1 rings (SSSR count). The van der Waals surface area contributed by atoms with Gasteiger partial charge in [0.25, 0.3) is 0 Å². The van der Waals surface area contributed by atoms with Crippen LogP contribution in [0.25, 0.3) is 0 Å². The van der Waals surface area contributed by atoms with Crippen molar-refractivity contribution in [3.05, 3.63) is 0 Å². The summed E-state index contributed by atoms with van der Waals surface area (Å²) in [5.41, 5.74) is 0.0448. The third-order valence-corrected chi connectivity index (χ3v) is 4.58. The van der Waals surface area contributed by atoms with Crippen LogP contribution in [-0.2, 0) is 14.3 Å². The van der Waals surface area contributed by atoms with Crippen LogP contribution in [0, 0.1) is 17.3 Å². The minimum absolute atomic E-state index is 0.0448. The number of carboxylic acids is 1. The number of carbonyl (C=O) groups is 1. The van der Waals surface area contributed by atoms with E-state index in [9.17, 15) is 4.79 Å². The molecule has 19 heavy (non-hydrogen) atoms. The van der Waals surface area contributed by atoms with Crippen LogP contribution in [0.3, 0.4) is 0 Å². The molecule has 0 aromatic heterocycles. The number of rotatable bonds is 7. The van der Waals surface area contributed by atoms with E-state index < -0.39 is 5.97 Å². The molecule has 4 heteroatoms. The Labute approximate surface area is 116 Å². The number of aliphatic carboxylic acids is 1. The maximum atomic E-state index is 10.8. The molecule has 0 radical (unpaired) electrons. The largest absolute Gasteiger partial charge is 0.480 e. The Morgan fingerprint density at radius 3 is 2.63 bits per heavy atom. The third kappa shape index (κ3) is 4.18. The second-order valence-corrected chi connectivity index (χ2v) is 6.24. The van der Waals surface area contributed by atoms with Crippen molar-refractivity contribution in [3.63, 3.8) is 0 Å². The highest BCUT2D eigenvalue weighted by atomic mass is 16.5. The molecular formula is C15H28O4. The molecule has 0 heterocycles. The van der Waals surface area contributed by atoms with Gasteiger partial charge in [-0.25, -0.2) is 4.79 Å². The quantitative estimate of drug-likeness (QED) is 0.774. The lowest BCUT2D eigenvalue weighted by Crippen LogP contribution is -2.47. The zero-order chi connectivity index (χ0) is 14.5. The Hall–Kier alpha value is -0.610. The van der Waals surface area contributed by atoms with Gasteiger partial charge >= 0.3 is 5.97 Å². The molecule has 1 N–H and O–H groups in total. The SMILES string of the molecule is COC[C@@H](OCC(=O)O)[C@]1(C(C)C)CCC[C@@H](C)C1. The zero-order valence-corrected chi connectivity index (χ0v) is 12.6. The van der Waals surface area contributed by atoms with E-state index in [2.05, 4.69) is 20.8 Å². The molecule has 0 unspecified atom stereocenters. The fourth-order valence-corrected chi connectivity index (χ4v) is 3.52. The fourth-order valence-electron chi connectivity index (χ4n) is 3.52. The summed E-state index contributed by atoms with van der Waals surface area (Å²) >= 11 is 0. The Balaban J connectivity index is 2.87. The Morgan fingerprint density at radius 2 is 2.16 bits per heavy atom. The monoisotopic (exact) mass is 272 g/mol. The maximum absolute atomic E-state index is 10.8. The summed E-state index contributed by atoms with van der Waals surface area (Å²) in [4.78, 5) is 10.8. The van der Waals surface area contributed by atoms with E-state index in [0.717, 1.165) is 12.8 Å². The first kappa shape index (κ1) is 16.4. The third-order valence-electron chi connectivity index (χ3n) is 4.58. The van der Waals surface area contributed by atoms with E-state index in [1.54, 1.807) is 7.11 Å². The van der Waals surface area contributed by atoms with Crippen molar-refractivity contribution < 1.29 is 19.4 Å². The predicted octanol–water partition coefficient (Wildman–Crippen LogP) is 2.96. The van der Waals surface area contributed by atoms with Gasteiger partial charge < -0.3 is 14.6 Å². The van der Waals surface area contributed by atoms with Crippen molar-refractivity contribution in [2.24, 2.45) is 17.3 Å². The van der Waals surface area contributed by atoms with Crippen LogP contribution in [-0.4, -0.2) is 37.5 Å². The standard InChI is InChI=1S/C15H28O4/c1-11(2)15(7-5-6-12(3)8-15)13(9-18-4)19-10-14(16)17/h11-13H,5-10H2,1-4H3,(H,16,17)/t12-,13-,15-/m1/s1. The van der Waals surface area contributed by atoms with Crippen molar-refractivity contribution in [3.8, 4) is 0 Å². The molecule has 0 bridgehead atoms. The topological polar surface area (TPSA) is 55.8 Å². The van der Waals surface area contributed by atoms with Crippen LogP contribution in [0.5, 0.6) is 0 Å². The number of hydrogen-bond donors (Lipinski definition) is 1. The van der Waals surface area contributed by atoms with Crippen molar-refractivity contribution in [2.45, 2.75) is 52.6 Å². The summed E-state index contributed by atoms with van der Waals surface area (Å²) in [6, 6.07) is 0. The first-order valence-electron chi connectivity index (χ1n) is 7.24. The molecule has 4 nitrogen and oxygen atoms in total. The molecule has 1 fully saturated rings. The van der Waals surface area contributed by atoms with Gasteiger partial charge in [-0.05, 0) is 24.7 Å². The lowest BCUT2D eigenvalue weighted by atomic mass is 9.61. The lowest BCUT2D eigenvalue weighted by molar-refractivity contribution is -0.157. The number of methoxy groups -OCH3 is 1. The van der Waals surface area contributed by atoms with Crippen LogP contribution >= 0.6 is 0 Å². The van der Waals surface area contributed by atoms with E-state index in [0.29, 0.717) is 18.4 Å². The summed E-state index contributed by atoms with van der Waals surface area (Å²) in [5.74, 6) is 0.219. The van der Waals surface area contributed by atoms with Crippen LogP contribution in [0.1, 0.15) is 46.5 Å². The minimum atomic E-state index is -0.913. The molecule has 112 valence electrons. The Bertz CT molecular complexity index is 290. The Kier molecular flexibility index (Phi) is 6.27. The molecule has 0 aromatic rings. The van der Waals surface area contributed by atoms with Gasteiger partial charge in [0.05, 0.1) is 12.7 Å². The summed E-state index contributed by atoms with van der Waals surface area (Å²) in [7, 11) is 1.65. The molecule has 0 amide bonds. The van der Waals surface area contributed by atoms with E-state index in [4.69, 9.17) is 14.6 Å². The molecule has 1 aliphatic rings. The summed E-state index contributed by atoms with van der Waals surface area (Å²) in [5, 5.41) is 8.84. The first-order chi connectivity index (χ1) is 8.92. The summed E-state index contributed by atoms with van der Waals surface area (Å²) in [6.07, 6.45) is 4.51. The second kappa shape index (κ2) is 7.25. The van der Waals surface area contributed by atoms with Crippen LogP contribution in [0.15, 0.2) is 0 Å². The van der Waals surface area contributed by atoms with Crippen molar-refractivity contribution >= 4 is 5.97 Å². The highest BCUT2D eigenvalue weighted by molar-refractivity contribution is 5.68. The highest BCUT2D eigenvalue weighted by Gasteiger charge is 2.45. The second-order valence-electron chi connectivity index (χ2n) is 6.24. The van der Waals surface area contributed by atoms with Crippen molar-refractivity contribution in [1.29, 1.82) is 0 Å². The smallest absolute Gasteiger partial charge is 0.329 e.